The number of benzene rings is 2. The molecule has 190 valence electrons. The van der Waals surface area contributed by atoms with Gasteiger partial charge in [-0.2, -0.15) is 0 Å². The van der Waals surface area contributed by atoms with E-state index in [0.717, 1.165) is 16.7 Å². The molecule has 0 spiro atoms. The molecule has 0 aliphatic carbocycles. The minimum absolute atomic E-state index is 0.155. The second-order valence-electron chi connectivity index (χ2n) is 8.93. The quantitative estimate of drug-likeness (QED) is 0.387. The summed E-state index contributed by atoms with van der Waals surface area (Å²) in [5.74, 6) is -0.770. The molecule has 1 aliphatic heterocycles. The molecular weight excluding hydrogens is 504 g/mol. The minimum atomic E-state index is -0.792. The van der Waals surface area contributed by atoms with Crippen LogP contribution >= 0.6 is 11.6 Å². The van der Waals surface area contributed by atoms with Gasteiger partial charge in [-0.1, -0.05) is 29.8 Å². The first-order chi connectivity index (χ1) is 18.4. The van der Waals surface area contributed by atoms with E-state index < -0.39 is 6.04 Å². The van der Waals surface area contributed by atoms with E-state index in [1.54, 1.807) is 73.3 Å². The summed E-state index contributed by atoms with van der Waals surface area (Å²) in [4.78, 5) is 53.5. The van der Waals surface area contributed by atoms with Crippen molar-refractivity contribution in [2.45, 2.75) is 25.9 Å². The summed E-state index contributed by atoms with van der Waals surface area (Å²) in [6, 6.07) is 14.5. The number of pyridine rings is 1. The average molecular weight is 527 g/mol. The van der Waals surface area contributed by atoms with E-state index >= 15 is 0 Å². The Morgan fingerprint density at radius 1 is 1.03 bits per heavy atom. The first kappa shape index (κ1) is 25.0. The van der Waals surface area contributed by atoms with Gasteiger partial charge in [-0.3, -0.25) is 24.7 Å². The molecule has 38 heavy (non-hydrogen) atoms. The van der Waals surface area contributed by atoms with Crippen molar-refractivity contribution in [1.82, 2.24) is 19.9 Å². The third-order valence-electron chi connectivity index (χ3n) is 6.14. The SMILES string of the molecule is Cc1cnc(NC(=O)c2ccc(CN3C(=O)c4ccc(Cl)cc4NC(=O)[C@H]3Cc3cccnc3)cc2)nc1. The summed E-state index contributed by atoms with van der Waals surface area (Å²) in [6.45, 7) is 2.01. The van der Waals surface area contributed by atoms with Crippen LogP contribution in [0, 0.1) is 6.92 Å². The highest BCUT2D eigenvalue weighted by Gasteiger charge is 2.35. The summed E-state index contributed by atoms with van der Waals surface area (Å²) in [5.41, 5.74) is 3.59. The lowest BCUT2D eigenvalue weighted by Crippen LogP contribution is -2.46. The summed E-state index contributed by atoms with van der Waals surface area (Å²) in [6.07, 6.45) is 6.85. The van der Waals surface area contributed by atoms with E-state index in [9.17, 15) is 14.4 Å². The van der Waals surface area contributed by atoms with Crippen LogP contribution < -0.4 is 10.6 Å². The lowest BCUT2D eigenvalue weighted by molar-refractivity contribution is -0.120. The number of carbonyl (C=O) groups excluding carboxylic acids is 3. The predicted octanol–water partition coefficient (Wildman–Crippen LogP) is 4.29. The topological polar surface area (TPSA) is 117 Å². The fourth-order valence-corrected chi connectivity index (χ4v) is 4.35. The van der Waals surface area contributed by atoms with Gasteiger partial charge in [-0.15, -0.1) is 0 Å². The van der Waals surface area contributed by atoms with E-state index in [1.807, 2.05) is 13.0 Å². The molecule has 4 aromatic rings. The van der Waals surface area contributed by atoms with Gasteiger partial charge < -0.3 is 10.2 Å². The zero-order chi connectivity index (χ0) is 26.6. The third-order valence-corrected chi connectivity index (χ3v) is 6.37. The number of amides is 3. The van der Waals surface area contributed by atoms with Crippen molar-refractivity contribution in [3.8, 4) is 0 Å². The van der Waals surface area contributed by atoms with Gasteiger partial charge in [0.05, 0.1) is 11.3 Å². The smallest absolute Gasteiger partial charge is 0.258 e. The minimum Gasteiger partial charge on any atom is -0.323 e. The van der Waals surface area contributed by atoms with Crippen molar-refractivity contribution in [3.05, 3.63) is 112 Å². The van der Waals surface area contributed by atoms with Gasteiger partial charge >= 0.3 is 0 Å². The highest BCUT2D eigenvalue weighted by molar-refractivity contribution is 6.31. The number of aromatic nitrogens is 3. The van der Waals surface area contributed by atoms with Gasteiger partial charge in [0, 0.05) is 48.3 Å². The molecule has 1 atom stereocenters. The molecule has 2 aromatic carbocycles. The van der Waals surface area contributed by atoms with Crippen LogP contribution in [0.3, 0.4) is 0 Å². The number of fused-ring (bicyclic) bond motifs is 1. The Kier molecular flexibility index (Phi) is 7.10. The van der Waals surface area contributed by atoms with E-state index in [1.165, 1.54) is 4.90 Å². The number of anilines is 2. The molecule has 10 heteroatoms. The average Bonchev–Trinajstić information content (AvgIpc) is 3.00. The van der Waals surface area contributed by atoms with Crippen molar-refractivity contribution in [2.75, 3.05) is 10.6 Å². The number of nitrogens with zero attached hydrogens (tertiary/aromatic N) is 4. The van der Waals surface area contributed by atoms with Crippen molar-refractivity contribution < 1.29 is 14.4 Å². The van der Waals surface area contributed by atoms with E-state index in [2.05, 4.69) is 25.6 Å². The fraction of sp³-hybridized carbons (Fsp3) is 0.143. The number of carbonyl (C=O) groups is 3. The van der Waals surface area contributed by atoms with E-state index in [4.69, 9.17) is 11.6 Å². The molecule has 5 rings (SSSR count). The summed E-state index contributed by atoms with van der Waals surface area (Å²) >= 11 is 6.13. The molecule has 0 saturated heterocycles. The molecule has 3 heterocycles. The molecule has 0 unspecified atom stereocenters. The van der Waals surface area contributed by atoms with Crippen molar-refractivity contribution >= 4 is 41.0 Å². The second-order valence-corrected chi connectivity index (χ2v) is 9.36. The molecule has 0 saturated carbocycles. The lowest BCUT2D eigenvalue weighted by Gasteiger charge is -2.29. The Bertz CT molecular complexity index is 1490. The van der Waals surface area contributed by atoms with Crippen molar-refractivity contribution in [1.29, 1.82) is 0 Å². The van der Waals surface area contributed by atoms with Gasteiger partial charge in [0.1, 0.15) is 6.04 Å². The van der Waals surface area contributed by atoms with Crippen LogP contribution in [0.4, 0.5) is 11.6 Å². The van der Waals surface area contributed by atoms with Gasteiger partial charge in [-0.05, 0) is 60.0 Å². The third kappa shape index (κ3) is 5.52. The number of aryl methyl sites for hydroxylation is 1. The van der Waals surface area contributed by atoms with Crippen LogP contribution in [-0.4, -0.2) is 43.6 Å². The van der Waals surface area contributed by atoms with Crippen LogP contribution in [0.15, 0.2) is 79.4 Å². The normalized spacial score (nSPS) is 14.9. The largest absolute Gasteiger partial charge is 0.323 e. The standard InChI is InChI=1S/C28H23ClN6O3/c1-17-13-31-28(32-14-17)34-25(36)20-6-4-18(5-7-20)16-35-24(11-19-3-2-10-30-15-19)26(37)33-23-12-21(29)8-9-22(23)27(35)38/h2-10,12-15,24H,11,16H2,1H3,(H,33,37)(H,31,32,34,36)/t24-/m1/s1. The van der Waals surface area contributed by atoms with Crippen LogP contribution in [0.25, 0.3) is 0 Å². The fourth-order valence-electron chi connectivity index (χ4n) is 4.18. The predicted molar refractivity (Wildman–Crippen MR) is 143 cm³/mol. The van der Waals surface area contributed by atoms with Gasteiger partial charge in [0.15, 0.2) is 0 Å². The van der Waals surface area contributed by atoms with Crippen molar-refractivity contribution in [3.63, 3.8) is 0 Å². The van der Waals surface area contributed by atoms with Crippen molar-refractivity contribution in [2.24, 2.45) is 0 Å². The maximum absolute atomic E-state index is 13.7. The summed E-state index contributed by atoms with van der Waals surface area (Å²) < 4.78 is 0. The highest BCUT2D eigenvalue weighted by Crippen LogP contribution is 2.29. The number of hydrogen-bond donors (Lipinski definition) is 2. The molecule has 0 fully saturated rings. The van der Waals surface area contributed by atoms with E-state index in [0.29, 0.717) is 21.8 Å². The maximum atomic E-state index is 13.7. The molecule has 0 bridgehead atoms. The number of nitrogens with one attached hydrogen (secondary N) is 2. The van der Waals surface area contributed by atoms with Crippen LogP contribution in [0.2, 0.25) is 5.02 Å². The molecule has 9 nitrogen and oxygen atoms in total. The second kappa shape index (κ2) is 10.8. The first-order valence-corrected chi connectivity index (χ1v) is 12.2. The summed E-state index contributed by atoms with van der Waals surface area (Å²) in [5, 5.41) is 5.94. The molecule has 1 aliphatic rings. The van der Waals surface area contributed by atoms with Crippen LogP contribution in [0.5, 0.6) is 0 Å². The Morgan fingerprint density at radius 3 is 2.50 bits per heavy atom. The summed E-state index contributed by atoms with van der Waals surface area (Å²) in [7, 11) is 0. The molecular formula is C28H23ClN6O3. The van der Waals surface area contributed by atoms with Gasteiger partial charge in [-0.25, -0.2) is 9.97 Å². The molecule has 2 aromatic heterocycles. The number of halogens is 1. The Balaban J connectivity index is 1.40. The first-order valence-electron chi connectivity index (χ1n) is 11.9. The van der Waals surface area contributed by atoms with Crippen LogP contribution in [-0.2, 0) is 17.8 Å². The van der Waals surface area contributed by atoms with Gasteiger partial charge in [0.2, 0.25) is 11.9 Å². The zero-order valence-electron chi connectivity index (χ0n) is 20.4. The monoisotopic (exact) mass is 526 g/mol. The maximum Gasteiger partial charge on any atom is 0.258 e. The molecule has 2 N–H and O–H groups in total. The molecule has 3 amide bonds. The zero-order valence-corrected chi connectivity index (χ0v) is 21.1. The molecule has 0 radical (unpaired) electrons. The van der Waals surface area contributed by atoms with Gasteiger partial charge in [0.25, 0.3) is 11.8 Å². The lowest BCUT2D eigenvalue weighted by atomic mass is 10.0. The highest BCUT2D eigenvalue weighted by atomic mass is 35.5. The Labute approximate surface area is 223 Å². The Morgan fingerprint density at radius 2 is 1.79 bits per heavy atom. The number of hydrogen-bond acceptors (Lipinski definition) is 6. The number of rotatable bonds is 6. The van der Waals surface area contributed by atoms with Crippen LogP contribution in [0.1, 0.15) is 37.4 Å². The Hall–Kier alpha value is -4.63. The van der Waals surface area contributed by atoms with E-state index in [-0.39, 0.29) is 36.6 Å².